The van der Waals surface area contributed by atoms with Gasteiger partial charge >= 0.3 is 0 Å². The minimum atomic E-state index is 0.441. The van der Waals surface area contributed by atoms with E-state index in [1.165, 1.54) is 0 Å². The largest absolute Gasteiger partial charge is 0.380 e. The van der Waals surface area contributed by atoms with E-state index in [9.17, 15) is 0 Å². The molecule has 0 amide bonds. The summed E-state index contributed by atoms with van der Waals surface area (Å²) in [5.41, 5.74) is 7.77. The fourth-order valence-corrected chi connectivity index (χ4v) is 1.98. The molecule has 96 valence electrons. The Labute approximate surface area is 112 Å². The van der Waals surface area contributed by atoms with Gasteiger partial charge in [-0.25, -0.2) is 0 Å². The van der Waals surface area contributed by atoms with Crippen LogP contribution in [0.5, 0.6) is 0 Å². The first-order chi connectivity index (χ1) is 8.58. The van der Waals surface area contributed by atoms with E-state index in [2.05, 4.69) is 19.0 Å². The van der Waals surface area contributed by atoms with Crippen molar-refractivity contribution in [2.24, 2.45) is 5.92 Å². The van der Waals surface area contributed by atoms with Crippen molar-refractivity contribution < 1.29 is 4.52 Å². The summed E-state index contributed by atoms with van der Waals surface area (Å²) in [6.45, 7) is 4.36. The standard InChI is InChI=1S/C14H17ClN2O/c1-9(2)3-8-12-13(14(16)17-18-12)10-4-6-11(15)7-5-10/h4-7,9H,3,8H2,1-2H3,(H2,16,17). The molecule has 0 spiro atoms. The summed E-state index contributed by atoms with van der Waals surface area (Å²) in [7, 11) is 0. The molecule has 2 N–H and O–H groups in total. The molecule has 0 bridgehead atoms. The van der Waals surface area contributed by atoms with Crippen LogP contribution in [0.25, 0.3) is 11.1 Å². The van der Waals surface area contributed by atoms with Gasteiger partial charge in [0.15, 0.2) is 5.82 Å². The molecule has 2 rings (SSSR count). The Morgan fingerprint density at radius 1 is 1.28 bits per heavy atom. The van der Waals surface area contributed by atoms with Crippen molar-refractivity contribution in [2.45, 2.75) is 26.7 Å². The number of rotatable bonds is 4. The lowest BCUT2D eigenvalue weighted by Gasteiger charge is -2.05. The first kappa shape index (κ1) is 13.0. The molecule has 0 saturated heterocycles. The van der Waals surface area contributed by atoms with E-state index in [-0.39, 0.29) is 0 Å². The SMILES string of the molecule is CC(C)CCc1onc(N)c1-c1ccc(Cl)cc1. The average Bonchev–Trinajstić information content (AvgIpc) is 2.69. The summed E-state index contributed by atoms with van der Waals surface area (Å²) in [5.74, 6) is 1.91. The smallest absolute Gasteiger partial charge is 0.175 e. The molecule has 18 heavy (non-hydrogen) atoms. The third kappa shape index (κ3) is 2.85. The fourth-order valence-electron chi connectivity index (χ4n) is 1.85. The minimum Gasteiger partial charge on any atom is -0.380 e. The molecule has 0 radical (unpaired) electrons. The van der Waals surface area contributed by atoms with Crippen LogP contribution >= 0.6 is 11.6 Å². The van der Waals surface area contributed by atoms with Crippen molar-refractivity contribution in [2.75, 3.05) is 5.73 Å². The summed E-state index contributed by atoms with van der Waals surface area (Å²) in [5, 5.41) is 4.57. The minimum absolute atomic E-state index is 0.441. The third-order valence-electron chi connectivity index (χ3n) is 2.87. The molecule has 2 aromatic rings. The van der Waals surface area contributed by atoms with Crippen LogP contribution in [-0.2, 0) is 6.42 Å². The Balaban J connectivity index is 2.31. The van der Waals surface area contributed by atoms with E-state index in [4.69, 9.17) is 21.9 Å². The van der Waals surface area contributed by atoms with Crippen molar-refractivity contribution in [1.82, 2.24) is 5.16 Å². The normalized spacial score (nSPS) is 11.1. The van der Waals surface area contributed by atoms with Crippen LogP contribution in [0.3, 0.4) is 0 Å². The van der Waals surface area contributed by atoms with Crippen LogP contribution in [-0.4, -0.2) is 5.16 Å². The summed E-state index contributed by atoms with van der Waals surface area (Å²) >= 11 is 5.89. The summed E-state index contributed by atoms with van der Waals surface area (Å²) in [6, 6.07) is 7.55. The highest BCUT2D eigenvalue weighted by molar-refractivity contribution is 6.30. The first-order valence-electron chi connectivity index (χ1n) is 6.08. The molecule has 0 fully saturated rings. The molecule has 1 aromatic heterocycles. The summed E-state index contributed by atoms with van der Waals surface area (Å²) in [6.07, 6.45) is 1.90. The maximum Gasteiger partial charge on any atom is 0.175 e. The van der Waals surface area contributed by atoms with Gasteiger partial charge in [0.2, 0.25) is 0 Å². The maximum atomic E-state index is 5.89. The zero-order valence-electron chi connectivity index (χ0n) is 10.6. The first-order valence-corrected chi connectivity index (χ1v) is 6.45. The second kappa shape index (κ2) is 5.44. The van der Waals surface area contributed by atoms with Crippen LogP contribution < -0.4 is 5.73 Å². The lowest BCUT2D eigenvalue weighted by Crippen LogP contribution is -1.94. The van der Waals surface area contributed by atoms with Crippen LogP contribution in [0, 0.1) is 5.92 Å². The monoisotopic (exact) mass is 264 g/mol. The van der Waals surface area contributed by atoms with Gasteiger partial charge in [0, 0.05) is 11.4 Å². The fraction of sp³-hybridized carbons (Fsp3) is 0.357. The van der Waals surface area contributed by atoms with Gasteiger partial charge < -0.3 is 10.3 Å². The highest BCUT2D eigenvalue weighted by Gasteiger charge is 2.15. The van der Waals surface area contributed by atoms with E-state index in [1.54, 1.807) is 0 Å². The van der Waals surface area contributed by atoms with E-state index < -0.39 is 0 Å². The van der Waals surface area contributed by atoms with Crippen molar-refractivity contribution >= 4 is 17.4 Å². The van der Waals surface area contributed by atoms with Gasteiger partial charge in [-0.2, -0.15) is 0 Å². The number of halogens is 1. The molecule has 0 aliphatic heterocycles. The Morgan fingerprint density at radius 2 is 1.94 bits per heavy atom. The number of aryl methyl sites for hydroxylation is 1. The van der Waals surface area contributed by atoms with Crippen molar-refractivity contribution in [3.8, 4) is 11.1 Å². The Bertz CT molecular complexity index is 517. The number of aromatic nitrogens is 1. The predicted molar refractivity (Wildman–Crippen MR) is 74.5 cm³/mol. The Morgan fingerprint density at radius 3 is 2.56 bits per heavy atom. The molecular weight excluding hydrogens is 248 g/mol. The predicted octanol–water partition coefficient (Wildman–Crippen LogP) is 4.17. The van der Waals surface area contributed by atoms with Crippen LogP contribution in [0.15, 0.2) is 28.8 Å². The molecule has 3 nitrogen and oxygen atoms in total. The highest BCUT2D eigenvalue weighted by atomic mass is 35.5. The van der Waals surface area contributed by atoms with E-state index in [0.717, 1.165) is 29.7 Å². The highest BCUT2D eigenvalue weighted by Crippen LogP contribution is 2.31. The van der Waals surface area contributed by atoms with Crippen LogP contribution in [0.1, 0.15) is 26.0 Å². The third-order valence-corrected chi connectivity index (χ3v) is 3.12. The topological polar surface area (TPSA) is 52.0 Å². The second-order valence-electron chi connectivity index (χ2n) is 4.81. The number of hydrogen-bond acceptors (Lipinski definition) is 3. The van der Waals surface area contributed by atoms with Gasteiger partial charge in [0.25, 0.3) is 0 Å². The Kier molecular flexibility index (Phi) is 3.92. The number of nitrogen functional groups attached to an aromatic ring is 1. The number of nitrogens with two attached hydrogens (primary N) is 1. The van der Waals surface area contributed by atoms with Crippen LogP contribution in [0.4, 0.5) is 5.82 Å². The molecular formula is C14H17ClN2O. The van der Waals surface area contributed by atoms with Gasteiger partial charge in [0.05, 0.1) is 5.56 Å². The van der Waals surface area contributed by atoms with E-state index in [1.807, 2.05) is 24.3 Å². The lowest BCUT2D eigenvalue weighted by atomic mass is 10.0. The van der Waals surface area contributed by atoms with Crippen molar-refractivity contribution in [1.29, 1.82) is 0 Å². The molecule has 1 aromatic carbocycles. The molecule has 0 saturated carbocycles. The molecule has 0 aliphatic carbocycles. The van der Waals surface area contributed by atoms with Crippen molar-refractivity contribution in [3.05, 3.63) is 35.0 Å². The number of nitrogens with zero attached hydrogens (tertiary/aromatic N) is 1. The Hall–Kier alpha value is -1.48. The summed E-state index contributed by atoms with van der Waals surface area (Å²) < 4.78 is 5.32. The van der Waals surface area contributed by atoms with E-state index >= 15 is 0 Å². The van der Waals surface area contributed by atoms with Gasteiger partial charge in [-0.05, 0) is 30.0 Å². The number of anilines is 1. The van der Waals surface area contributed by atoms with Gasteiger partial charge in [-0.1, -0.05) is 42.7 Å². The zero-order valence-corrected chi connectivity index (χ0v) is 11.4. The molecule has 4 heteroatoms. The van der Waals surface area contributed by atoms with E-state index in [0.29, 0.717) is 16.8 Å². The molecule has 0 unspecified atom stereocenters. The second-order valence-corrected chi connectivity index (χ2v) is 5.24. The van der Waals surface area contributed by atoms with Gasteiger partial charge in [-0.15, -0.1) is 0 Å². The quantitative estimate of drug-likeness (QED) is 0.902. The molecule has 1 heterocycles. The van der Waals surface area contributed by atoms with Gasteiger partial charge in [-0.3, -0.25) is 0 Å². The van der Waals surface area contributed by atoms with Crippen LogP contribution in [0.2, 0.25) is 5.02 Å². The molecule has 0 atom stereocenters. The van der Waals surface area contributed by atoms with Gasteiger partial charge in [0.1, 0.15) is 5.76 Å². The maximum absolute atomic E-state index is 5.89. The lowest BCUT2D eigenvalue weighted by molar-refractivity contribution is 0.376. The summed E-state index contributed by atoms with van der Waals surface area (Å²) in [4.78, 5) is 0. The number of hydrogen-bond donors (Lipinski definition) is 1. The average molecular weight is 265 g/mol. The number of benzene rings is 1. The molecule has 0 aliphatic rings. The van der Waals surface area contributed by atoms with Crippen molar-refractivity contribution in [3.63, 3.8) is 0 Å². The zero-order chi connectivity index (χ0) is 13.1.